The molecule has 0 aliphatic carbocycles. The van der Waals surface area contributed by atoms with Crippen LogP contribution in [0.4, 0.5) is 0 Å². The van der Waals surface area contributed by atoms with Crippen molar-refractivity contribution in [1.82, 2.24) is 5.32 Å². The first-order valence-corrected chi connectivity index (χ1v) is 7.22. The molecule has 1 atom stereocenters. The van der Waals surface area contributed by atoms with Gasteiger partial charge in [0.15, 0.2) is 0 Å². The summed E-state index contributed by atoms with van der Waals surface area (Å²) >= 11 is 12.0. The van der Waals surface area contributed by atoms with Gasteiger partial charge in [0.2, 0.25) is 0 Å². The van der Waals surface area contributed by atoms with E-state index in [1.807, 2.05) is 19.1 Å². The van der Waals surface area contributed by atoms with E-state index < -0.39 is 0 Å². The highest BCUT2D eigenvalue weighted by molar-refractivity contribution is 6.42. The van der Waals surface area contributed by atoms with Crippen LogP contribution in [0, 0.1) is 0 Å². The van der Waals surface area contributed by atoms with E-state index in [0.29, 0.717) is 15.8 Å². The number of ether oxygens (including phenoxy) is 1. The second-order valence-electron chi connectivity index (χ2n) is 4.39. The summed E-state index contributed by atoms with van der Waals surface area (Å²) in [6.45, 7) is 6.06. The van der Waals surface area contributed by atoms with E-state index >= 15 is 0 Å². The molecule has 1 N–H and O–H groups in total. The van der Waals surface area contributed by atoms with Crippen LogP contribution >= 0.6 is 23.2 Å². The number of halogens is 2. The first kappa shape index (κ1) is 15.6. The number of rotatable bonds is 8. The van der Waals surface area contributed by atoms with Gasteiger partial charge in [-0.1, -0.05) is 49.0 Å². The lowest BCUT2D eigenvalue weighted by atomic mass is 10.2. The van der Waals surface area contributed by atoms with E-state index in [4.69, 9.17) is 27.9 Å². The molecule has 0 fully saturated rings. The Labute approximate surface area is 120 Å². The van der Waals surface area contributed by atoms with Crippen LogP contribution in [0.15, 0.2) is 18.2 Å². The molecule has 102 valence electrons. The average Bonchev–Trinajstić information content (AvgIpc) is 2.35. The van der Waals surface area contributed by atoms with Gasteiger partial charge in [-0.25, -0.2) is 0 Å². The van der Waals surface area contributed by atoms with Crippen LogP contribution in [0.5, 0.6) is 5.75 Å². The Hall–Kier alpha value is -0.440. The molecule has 0 aromatic heterocycles. The zero-order valence-corrected chi connectivity index (χ0v) is 12.5. The maximum Gasteiger partial charge on any atom is 0.139 e. The van der Waals surface area contributed by atoms with Crippen molar-refractivity contribution in [3.8, 4) is 5.75 Å². The van der Waals surface area contributed by atoms with E-state index in [2.05, 4.69) is 12.2 Å². The lowest BCUT2D eigenvalue weighted by molar-refractivity contribution is 0.217. The number of benzene rings is 1. The zero-order chi connectivity index (χ0) is 13.4. The summed E-state index contributed by atoms with van der Waals surface area (Å²) in [5.41, 5.74) is 0. The minimum absolute atomic E-state index is 0.0718. The average molecular weight is 290 g/mol. The third-order valence-electron chi connectivity index (χ3n) is 2.63. The van der Waals surface area contributed by atoms with E-state index in [0.717, 1.165) is 13.1 Å². The minimum Gasteiger partial charge on any atom is -0.488 e. The summed E-state index contributed by atoms with van der Waals surface area (Å²) in [6.07, 6.45) is 3.79. The lowest BCUT2D eigenvalue weighted by Gasteiger charge is -2.16. The van der Waals surface area contributed by atoms with Gasteiger partial charge in [0, 0.05) is 6.54 Å². The van der Waals surface area contributed by atoms with Gasteiger partial charge in [-0.2, -0.15) is 0 Å². The van der Waals surface area contributed by atoms with Gasteiger partial charge in [-0.15, -0.1) is 0 Å². The molecule has 1 aromatic carbocycles. The van der Waals surface area contributed by atoms with Crippen molar-refractivity contribution < 1.29 is 4.74 Å². The van der Waals surface area contributed by atoms with Crippen molar-refractivity contribution in [2.45, 2.75) is 39.2 Å². The molecule has 0 aliphatic rings. The Morgan fingerprint density at radius 2 is 2.06 bits per heavy atom. The fourth-order valence-corrected chi connectivity index (χ4v) is 1.98. The summed E-state index contributed by atoms with van der Waals surface area (Å²) in [5.74, 6) is 0.645. The molecule has 18 heavy (non-hydrogen) atoms. The van der Waals surface area contributed by atoms with Crippen LogP contribution in [-0.2, 0) is 0 Å². The van der Waals surface area contributed by atoms with Crippen LogP contribution in [0.1, 0.15) is 33.1 Å². The Balaban J connectivity index is 2.31. The highest BCUT2D eigenvalue weighted by Gasteiger charge is 2.09. The van der Waals surface area contributed by atoms with Crippen LogP contribution in [0.25, 0.3) is 0 Å². The van der Waals surface area contributed by atoms with E-state index in [1.165, 1.54) is 19.3 Å². The molecule has 1 unspecified atom stereocenters. The van der Waals surface area contributed by atoms with Gasteiger partial charge in [-0.3, -0.25) is 0 Å². The molecule has 0 amide bonds. The second kappa shape index (κ2) is 8.63. The lowest BCUT2D eigenvalue weighted by Crippen LogP contribution is -2.29. The summed E-state index contributed by atoms with van der Waals surface area (Å²) in [7, 11) is 0. The second-order valence-corrected chi connectivity index (χ2v) is 5.18. The maximum absolute atomic E-state index is 6.06. The van der Waals surface area contributed by atoms with Crippen molar-refractivity contribution >= 4 is 23.2 Å². The Bertz CT molecular complexity index is 358. The zero-order valence-electron chi connectivity index (χ0n) is 11.0. The molecular weight excluding hydrogens is 269 g/mol. The Morgan fingerprint density at radius 1 is 1.28 bits per heavy atom. The molecule has 0 bridgehead atoms. The van der Waals surface area contributed by atoms with Crippen molar-refractivity contribution in [1.29, 1.82) is 0 Å². The number of hydrogen-bond acceptors (Lipinski definition) is 2. The predicted molar refractivity (Wildman–Crippen MR) is 78.9 cm³/mol. The number of nitrogens with one attached hydrogen (secondary N) is 1. The normalized spacial score (nSPS) is 12.4. The van der Waals surface area contributed by atoms with E-state index in [9.17, 15) is 0 Å². The van der Waals surface area contributed by atoms with Crippen LogP contribution in [-0.4, -0.2) is 19.2 Å². The first-order chi connectivity index (χ1) is 8.65. The minimum atomic E-state index is 0.0718. The number of hydrogen-bond donors (Lipinski definition) is 1. The van der Waals surface area contributed by atoms with Gasteiger partial charge >= 0.3 is 0 Å². The molecule has 0 heterocycles. The van der Waals surface area contributed by atoms with Gasteiger partial charge in [0.05, 0.1) is 5.02 Å². The van der Waals surface area contributed by atoms with Gasteiger partial charge in [0.25, 0.3) is 0 Å². The fourth-order valence-electron chi connectivity index (χ4n) is 1.64. The van der Waals surface area contributed by atoms with E-state index in [-0.39, 0.29) is 6.10 Å². The molecule has 0 radical (unpaired) electrons. The molecule has 1 aromatic rings. The predicted octanol–water partition coefficient (Wildman–Crippen LogP) is 4.54. The Morgan fingerprint density at radius 3 is 2.78 bits per heavy atom. The van der Waals surface area contributed by atoms with Gasteiger partial charge in [0.1, 0.15) is 16.9 Å². The summed E-state index contributed by atoms with van der Waals surface area (Å²) in [5, 5.41) is 4.38. The third kappa shape index (κ3) is 5.47. The quantitative estimate of drug-likeness (QED) is 0.710. The smallest absolute Gasteiger partial charge is 0.139 e. The molecule has 0 aliphatic heterocycles. The summed E-state index contributed by atoms with van der Waals surface area (Å²) in [6, 6.07) is 5.43. The molecule has 1 rings (SSSR count). The number of unbranched alkanes of at least 4 members (excludes halogenated alkanes) is 2. The van der Waals surface area contributed by atoms with Crippen LogP contribution in [0.2, 0.25) is 10.0 Å². The molecular formula is C14H21Cl2NO. The largest absolute Gasteiger partial charge is 0.488 e. The monoisotopic (exact) mass is 289 g/mol. The highest BCUT2D eigenvalue weighted by atomic mass is 35.5. The molecule has 0 spiro atoms. The molecule has 0 saturated carbocycles. The SMILES string of the molecule is CCCCCNCC(C)Oc1cccc(Cl)c1Cl. The van der Waals surface area contributed by atoms with Crippen molar-refractivity contribution in [2.24, 2.45) is 0 Å². The third-order valence-corrected chi connectivity index (χ3v) is 3.43. The maximum atomic E-state index is 6.06. The van der Waals surface area contributed by atoms with Crippen molar-refractivity contribution in [2.75, 3.05) is 13.1 Å². The van der Waals surface area contributed by atoms with E-state index in [1.54, 1.807) is 6.07 Å². The topological polar surface area (TPSA) is 21.3 Å². The standard InChI is InChI=1S/C14H21Cl2NO/c1-3-4-5-9-17-10-11(2)18-13-8-6-7-12(15)14(13)16/h6-8,11,17H,3-5,9-10H2,1-2H3. The highest BCUT2D eigenvalue weighted by Crippen LogP contribution is 2.31. The molecule has 4 heteroatoms. The van der Waals surface area contributed by atoms with Crippen LogP contribution in [0.3, 0.4) is 0 Å². The Kier molecular flexibility index (Phi) is 7.48. The van der Waals surface area contributed by atoms with Crippen LogP contribution < -0.4 is 10.1 Å². The summed E-state index contributed by atoms with van der Waals surface area (Å²) < 4.78 is 5.75. The first-order valence-electron chi connectivity index (χ1n) is 6.46. The van der Waals surface area contributed by atoms with Crippen molar-refractivity contribution in [3.63, 3.8) is 0 Å². The molecule has 0 saturated heterocycles. The summed E-state index contributed by atoms with van der Waals surface area (Å²) in [4.78, 5) is 0. The molecule has 2 nitrogen and oxygen atoms in total. The fraction of sp³-hybridized carbons (Fsp3) is 0.571. The van der Waals surface area contributed by atoms with Gasteiger partial charge in [-0.05, 0) is 32.0 Å². The van der Waals surface area contributed by atoms with Crippen molar-refractivity contribution in [3.05, 3.63) is 28.2 Å². The van der Waals surface area contributed by atoms with Gasteiger partial charge < -0.3 is 10.1 Å².